The first kappa shape index (κ1) is 13.0. The van der Waals surface area contributed by atoms with E-state index < -0.39 is 0 Å². The number of nitrogens with one attached hydrogen (secondary N) is 1. The lowest BCUT2D eigenvalue weighted by Crippen LogP contribution is -2.34. The molecule has 1 aromatic heterocycles. The molecule has 0 fully saturated rings. The lowest BCUT2D eigenvalue weighted by Gasteiger charge is -2.16. The molecule has 0 saturated heterocycles. The van der Waals surface area contributed by atoms with Crippen molar-refractivity contribution in [2.45, 2.75) is 39.2 Å². The predicted molar refractivity (Wildman–Crippen MR) is 65.7 cm³/mol. The molecule has 0 radical (unpaired) electrons. The van der Waals surface area contributed by atoms with E-state index in [4.69, 9.17) is 11.6 Å². The number of amides is 1. The van der Waals surface area contributed by atoms with Gasteiger partial charge in [0.2, 0.25) is 0 Å². The van der Waals surface area contributed by atoms with E-state index in [9.17, 15) is 4.79 Å². The van der Waals surface area contributed by atoms with Crippen molar-refractivity contribution in [1.29, 1.82) is 0 Å². The molecular formula is C12H17ClN2O. The van der Waals surface area contributed by atoms with Gasteiger partial charge in [0.25, 0.3) is 5.91 Å². The Hall–Kier alpha value is -1.09. The van der Waals surface area contributed by atoms with E-state index in [-0.39, 0.29) is 17.1 Å². The van der Waals surface area contributed by atoms with Gasteiger partial charge in [0, 0.05) is 12.2 Å². The third-order valence-corrected chi connectivity index (χ3v) is 2.77. The minimum Gasteiger partial charge on any atom is -0.349 e. The van der Waals surface area contributed by atoms with Crippen LogP contribution >= 0.6 is 11.6 Å². The highest BCUT2D eigenvalue weighted by Gasteiger charge is 2.14. The second-order valence-electron chi connectivity index (χ2n) is 3.71. The van der Waals surface area contributed by atoms with Gasteiger partial charge in [0.05, 0.1) is 5.56 Å². The first-order valence-electron chi connectivity index (χ1n) is 5.60. The number of nitrogens with zero attached hydrogens (tertiary/aromatic N) is 1. The molecule has 3 nitrogen and oxygen atoms in total. The highest BCUT2D eigenvalue weighted by atomic mass is 35.5. The quantitative estimate of drug-likeness (QED) is 0.804. The minimum atomic E-state index is -0.140. The summed E-state index contributed by atoms with van der Waals surface area (Å²) < 4.78 is 0. The van der Waals surface area contributed by atoms with Gasteiger partial charge in [0.1, 0.15) is 5.15 Å². The number of aromatic nitrogens is 1. The molecule has 1 unspecified atom stereocenters. The first-order valence-corrected chi connectivity index (χ1v) is 5.98. The summed E-state index contributed by atoms with van der Waals surface area (Å²) in [7, 11) is 0. The molecule has 16 heavy (non-hydrogen) atoms. The summed E-state index contributed by atoms with van der Waals surface area (Å²) >= 11 is 5.85. The van der Waals surface area contributed by atoms with Crippen molar-refractivity contribution in [3.63, 3.8) is 0 Å². The SMILES string of the molecule is CCCC(CC)NC(=O)c1cccnc1Cl. The van der Waals surface area contributed by atoms with Crippen LogP contribution in [0.4, 0.5) is 0 Å². The normalized spacial score (nSPS) is 12.2. The summed E-state index contributed by atoms with van der Waals surface area (Å²) in [6, 6.07) is 3.61. The monoisotopic (exact) mass is 240 g/mol. The van der Waals surface area contributed by atoms with E-state index in [1.807, 2.05) is 0 Å². The molecule has 88 valence electrons. The largest absolute Gasteiger partial charge is 0.349 e. The Morgan fingerprint density at radius 2 is 2.31 bits per heavy atom. The minimum absolute atomic E-state index is 0.140. The van der Waals surface area contributed by atoms with E-state index in [0.29, 0.717) is 5.56 Å². The molecule has 0 aliphatic heterocycles. The number of halogens is 1. The standard InChI is InChI=1S/C12H17ClN2O/c1-3-6-9(4-2)15-12(16)10-7-5-8-14-11(10)13/h5,7-9H,3-4,6H2,1-2H3,(H,15,16). The predicted octanol–water partition coefficient (Wildman–Crippen LogP) is 3.04. The number of carbonyl (C=O) groups excluding carboxylic acids is 1. The number of hydrogen-bond acceptors (Lipinski definition) is 2. The van der Waals surface area contributed by atoms with Crippen LogP contribution in [0.25, 0.3) is 0 Å². The van der Waals surface area contributed by atoms with Gasteiger partial charge >= 0.3 is 0 Å². The maximum atomic E-state index is 11.9. The highest BCUT2D eigenvalue weighted by Crippen LogP contribution is 2.12. The molecule has 1 amide bonds. The van der Waals surface area contributed by atoms with Crippen molar-refractivity contribution < 1.29 is 4.79 Å². The average Bonchev–Trinajstić information content (AvgIpc) is 2.28. The zero-order chi connectivity index (χ0) is 12.0. The Morgan fingerprint density at radius 1 is 1.56 bits per heavy atom. The van der Waals surface area contributed by atoms with Gasteiger partial charge in [-0.2, -0.15) is 0 Å². The molecule has 0 spiro atoms. The molecule has 1 rings (SSSR count). The molecule has 0 aromatic carbocycles. The number of rotatable bonds is 5. The maximum absolute atomic E-state index is 11.9. The maximum Gasteiger partial charge on any atom is 0.254 e. The van der Waals surface area contributed by atoms with Crippen LogP contribution in [0.15, 0.2) is 18.3 Å². The van der Waals surface area contributed by atoms with Gasteiger partial charge in [-0.15, -0.1) is 0 Å². The van der Waals surface area contributed by atoms with Crippen LogP contribution in [0, 0.1) is 0 Å². The summed E-state index contributed by atoms with van der Waals surface area (Å²) in [4.78, 5) is 15.8. The molecule has 0 aliphatic carbocycles. The van der Waals surface area contributed by atoms with E-state index >= 15 is 0 Å². The summed E-state index contributed by atoms with van der Waals surface area (Å²) in [6.45, 7) is 4.16. The van der Waals surface area contributed by atoms with Gasteiger partial charge in [-0.1, -0.05) is 31.9 Å². The van der Waals surface area contributed by atoms with Crippen molar-refractivity contribution >= 4 is 17.5 Å². The highest BCUT2D eigenvalue weighted by molar-refractivity contribution is 6.32. The van der Waals surface area contributed by atoms with Crippen LogP contribution in [-0.2, 0) is 0 Å². The van der Waals surface area contributed by atoms with Gasteiger partial charge in [-0.25, -0.2) is 4.98 Å². The zero-order valence-corrected chi connectivity index (χ0v) is 10.4. The number of hydrogen-bond donors (Lipinski definition) is 1. The summed E-state index contributed by atoms with van der Waals surface area (Å²) in [6.07, 6.45) is 4.54. The van der Waals surface area contributed by atoms with Crippen LogP contribution in [0.2, 0.25) is 5.15 Å². The molecule has 1 atom stereocenters. The van der Waals surface area contributed by atoms with Gasteiger partial charge in [0.15, 0.2) is 0 Å². The van der Waals surface area contributed by atoms with Crippen LogP contribution in [0.5, 0.6) is 0 Å². The first-order chi connectivity index (χ1) is 7.69. The summed E-state index contributed by atoms with van der Waals surface area (Å²) in [5.74, 6) is -0.140. The lowest BCUT2D eigenvalue weighted by molar-refractivity contribution is 0.0933. The van der Waals surface area contributed by atoms with E-state index in [1.165, 1.54) is 0 Å². The molecule has 0 saturated carbocycles. The summed E-state index contributed by atoms with van der Waals surface area (Å²) in [5.41, 5.74) is 0.443. The van der Waals surface area contributed by atoms with Crippen LogP contribution in [0.3, 0.4) is 0 Å². The second-order valence-corrected chi connectivity index (χ2v) is 4.07. The second kappa shape index (κ2) is 6.48. The van der Waals surface area contributed by atoms with Gasteiger partial charge in [-0.05, 0) is 25.0 Å². The van der Waals surface area contributed by atoms with Crippen molar-refractivity contribution in [1.82, 2.24) is 10.3 Å². The fraction of sp³-hybridized carbons (Fsp3) is 0.500. The van der Waals surface area contributed by atoms with Crippen LogP contribution in [-0.4, -0.2) is 16.9 Å². The Kier molecular flexibility index (Phi) is 5.26. The third-order valence-electron chi connectivity index (χ3n) is 2.47. The van der Waals surface area contributed by atoms with Gasteiger partial charge in [-0.3, -0.25) is 4.79 Å². The summed E-state index contributed by atoms with van der Waals surface area (Å²) in [5, 5.41) is 3.22. The molecule has 1 heterocycles. The Bertz CT molecular complexity index is 355. The average molecular weight is 241 g/mol. The molecule has 1 N–H and O–H groups in total. The van der Waals surface area contributed by atoms with Crippen molar-refractivity contribution in [3.05, 3.63) is 29.0 Å². The van der Waals surface area contributed by atoms with Crippen molar-refractivity contribution in [2.24, 2.45) is 0 Å². The van der Waals surface area contributed by atoms with E-state index in [1.54, 1.807) is 18.3 Å². The molecular weight excluding hydrogens is 224 g/mol. The van der Waals surface area contributed by atoms with E-state index in [0.717, 1.165) is 19.3 Å². The van der Waals surface area contributed by atoms with Gasteiger partial charge < -0.3 is 5.32 Å². The van der Waals surface area contributed by atoms with Crippen molar-refractivity contribution in [2.75, 3.05) is 0 Å². The fourth-order valence-electron chi connectivity index (χ4n) is 1.55. The smallest absolute Gasteiger partial charge is 0.254 e. The van der Waals surface area contributed by atoms with Crippen LogP contribution < -0.4 is 5.32 Å². The lowest BCUT2D eigenvalue weighted by atomic mass is 10.1. The third kappa shape index (κ3) is 3.49. The molecule has 4 heteroatoms. The number of pyridine rings is 1. The Morgan fingerprint density at radius 3 is 2.88 bits per heavy atom. The molecule has 1 aromatic rings. The topological polar surface area (TPSA) is 42.0 Å². The fourth-order valence-corrected chi connectivity index (χ4v) is 1.75. The zero-order valence-electron chi connectivity index (χ0n) is 9.66. The Labute approximate surface area is 101 Å². The van der Waals surface area contributed by atoms with E-state index in [2.05, 4.69) is 24.1 Å². The van der Waals surface area contributed by atoms with Crippen molar-refractivity contribution in [3.8, 4) is 0 Å². The van der Waals surface area contributed by atoms with Crippen LogP contribution in [0.1, 0.15) is 43.5 Å². The molecule has 0 aliphatic rings. The molecule has 0 bridgehead atoms. The number of carbonyl (C=O) groups is 1. The Balaban J connectivity index is 2.68.